The van der Waals surface area contributed by atoms with Gasteiger partial charge in [0, 0.05) is 31.1 Å². The summed E-state index contributed by atoms with van der Waals surface area (Å²) in [7, 11) is 0. The summed E-state index contributed by atoms with van der Waals surface area (Å²) >= 11 is 1.87. The van der Waals surface area contributed by atoms with E-state index in [1.54, 1.807) is 0 Å². The van der Waals surface area contributed by atoms with Gasteiger partial charge in [-0.1, -0.05) is 60.2 Å². The van der Waals surface area contributed by atoms with Gasteiger partial charge in [0.25, 0.3) is 0 Å². The number of benzene rings is 2. The summed E-state index contributed by atoms with van der Waals surface area (Å²) in [5.74, 6) is 2.32. The predicted molar refractivity (Wildman–Crippen MR) is 115 cm³/mol. The van der Waals surface area contributed by atoms with E-state index in [1.807, 2.05) is 17.8 Å². The van der Waals surface area contributed by atoms with Crippen LogP contribution in [0.5, 0.6) is 0 Å². The van der Waals surface area contributed by atoms with E-state index in [1.165, 1.54) is 16.7 Å². The molecule has 2 aromatic rings. The molecule has 1 atom stereocenters. The lowest BCUT2D eigenvalue weighted by molar-refractivity contribution is -0.126. The molecular weight excluding hydrogens is 352 g/mol. The number of carbonyl (C=O) groups is 1. The maximum Gasteiger partial charge on any atom is 0.224 e. The second-order valence-corrected chi connectivity index (χ2v) is 8.49. The van der Waals surface area contributed by atoms with E-state index in [0.717, 1.165) is 50.5 Å². The van der Waals surface area contributed by atoms with Gasteiger partial charge in [0.05, 0.1) is 5.92 Å². The predicted octanol–water partition coefficient (Wildman–Crippen LogP) is 4.26. The molecule has 4 heteroatoms. The Balaban J connectivity index is 1.36. The van der Waals surface area contributed by atoms with Crippen molar-refractivity contribution >= 4 is 17.7 Å². The van der Waals surface area contributed by atoms with Gasteiger partial charge in [-0.15, -0.1) is 0 Å². The Morgan fingerprint density at radius 2 is 1.89 bits per heavy atom. The molecule has 1 amide bonds. The Kier molecular flexibility index (Phi) is 7.79. The van der Waals surface area contributed by atoms with Crippen molar-refractivity contribution < 1.29 is 4.79 Å². The van der Waals surface area contributed by atoms with Crippen LogP contribution in [0, 0.1) is 12.8 Å². The summed E-state index contributed by atoms with van der Waals surface area (Å²) in [5, 5.41) is 3.14. The third kappa shape index (κ3) is 6.71. The van der Waals surface area contributed by atoms with Crippen molar-refractivity contribution in [3.63, 3.8) is 0 Å². The summed E-state index contributed by atoms with van der Waals surface area (Å²) in [6.45, 7) is 5.77. The lowest BCUT2D eigenvalue weighted by Crippen LogP contribution is -2.43. The normalized spacial score (nSPS) is 17.6. The number of thioether (sulfide) groups is 1. The number of aryl methyl sites for hydroxylation is 1. The van der Waals surface area contributed by atoms with E-state index in [4.69, 9.17) is 0 Å². The SMILES string of the molecule is Cc1ccc(CN2CCCC(C(=O)NCCSCc3ccccc3)C2)cc1. The first-order valence-corrected chi connectivity index (χ1v) is 11.0. The minimum atomic E-state index is 0.128. The molecule has 1 saturated heterocycles. The molecule has 1 N–H and O–H groups in total. The fourth-order valence-electron chi connectivity index (χ4n) is 3.52. The molecule has 0 aliphatic carbocycles. The van der Waals surface area contributed by atoms with Crippen molar-refractivity contribution in [2.75, 3.05) is 25.4 Å². The number of carbonyl (C=O) groups excluding carboxylic acids is 1. The number of likely N-dealkylation sites (tertiary alicyclic amines) is 1. The number of hydrogen-bond donors (Lipinski definition) is 1. The molecule has 27 heavy (non-hydrogen) atoms. The minimum absolute atomic E-state index is 0.128. The monoisotopic (exact) mass is 382 g/mol. The maximum atomic E-state index is 12.5. The molecule has 2 aromatic carbocycles. The Morgan fingerprint density at radius 1 is 1.11 bits per heavy atom. The Labute approximate surface area is 167 Å². The first kappa shape index (κ1) is 20.0. The van der Waals surface area contributed by atoms with Crippen LogP contribution in [0.1, 0.15) is 29.5 Å². The Morgan fingerprint density at radius 3 is 2.67 bits per heavy atom. The molecule has 0 aromatic heterocycles. The molecule has 144 valence electrons. The summed E-state index contributed by atoms with van der Waals surface area (Å²) in [5.41, 5.74) is 3.96. The maximum absolute atomic E-state index is 12.5. The zero-order chi connectivity index (χ0) is 18.9. The summed E-state index contributed by atoms with van der Waals surface area (Å²) in [4.78, 5) is 14.9. The standard InChI is InChI=1S/C23H30N2OS/c1-19-9-11-20(12-10-19)16-25-14-5-8-22(17-25)23(26)24-13-15-27-18-21-6-3-2-4-7-21/h2-4,6-7,9-12,22H,5,8,13-18H2,1H3,(H,24,26). The van der Waals surface area contributed by atoms with Crippen molar-refractivity contribution in [2.45, 2.75) is 32.1 Å². The van der Waals surface area contributed by atoms with Crippen LogP contribution < -0.4 is 5.32 Å². The van der Waals surface area contributed by atoms with Gasteiger partial charge in [0.2, 0.25) is 5.91 Å². The van der Waals surface area contributed by atoms with Crippen molar-refractivity contribution in [2.24, 2.45) is 5.92 Å². The van der Waals surface area contributed by atoms with Crippen molar-refractivity contribution in [3.05, 3.63) is 71.3 Å². The fraction of sp³-hybridized carbons (Fsp3) is 0.435. The first-order valence-electron chi connectivity index (χ1n) is 9.88. The zero-order valence-corrected chi connectivity index (χ0v) is 17.0. The van der Waals surface area contributed by atoms with E-state index < -0.39 is 0 Å². The summed E-state index contributed by atoms with van der Waals surface area (Å²) in [6.07, 6.45) is 2.11. The number of hydrogen-bond acceptors (Lipinski definition) is 3. The van der Waals surface area contributed by atoms with Gasteiger partial charge in [-0.25, -0.2) is 0 Å². The minimum Gasteiger partial charge on any atom is -0.355 e. The highest BCUT2D eigenvalue weighted by Crippen LogP contribution is 2.19. The van der Waals surface area contributed by atoms with Crippen LogP contribution in [0.15, 0.2) is 54.6 Å². The van der Waals surface area contributed by atoms with Gasteiger partial charge >= 0.3 is 0 Å². The van der Waals surface area contributed by atoms with Crippen LogP contribution in [0.25, 0.3) is 0 Å². The van der Waals surface area contributed by atoms with E-state index in [-0.39, 0.29) is 11.8 Å². The average Bonchev–Trinajstić information content (AvgIpc) is 2.70. The number of piperidine rings is 1. The van der Waals surface area contributed by atoms with E-state index >= 15 is 0 Å². The van der Waals surface area contributed by atoms with Gasteiger partial charge in [0.15, 0.2) is 0 Å². The van der Waals surface area contributed by atoms with Crippen LogP contribution in [-0.4, -0.2) is 36.2 Å². The molecule has 3 nitrogen and oxygen atoms in total. The van der Waals surface area contributed by atoms with Gasteiger partial charge in [-0.3, -0.25) is 9.69 Å². The Hall–Kier alpha value is -1.78. The molecule has 0 saturated carbocycles. The van der Waals surface area contributed by atoms with Gasteiger partial charge in [-0.05, 0) is 37.4 Å². The fourth-order valence-corrected chi connectivity index (χ4v) is 4.34. The number of nitrogens with zero attached hydrogens (tertiary/aromatic N) is 1. The highest BCUT2D eigenvalue weighted by molar-refractivity contribution is 7.98. The van der Waals surface area contributed by atoms with E-state index in [9.17, 15) is 4.79 Å². The summed E-state index contributed by atoms with van der Waals surface area (Å²) in [6, 6.07) is 19.2. The highest BCUT2D eigenvalue weighted by atomic mass is 32.2. The second-order valence-electron chi connectivity index (χ2n) is 7.39. The van der Waals surface area contributed by atoms with Gasteiger partial charge < -0.3 is 5.32 Å². The molecule has 1 fully saturated rings. The molecule has 1 unspecified atom stereocenters. The van der Waals surface area contributed by atoms with Crippen LogP contribution in [-0.2, 0) is 17.1 Å². The second kappa shape index (κ2) is 10.5. The van der Waals surface area contributed by atoms with E-state index in [0.29, 0.717) is 0 Å². The van der Waals surface area contributed by atoms with Crippen LogP contribution in [0.2, 0.25) is 0 Å². The number of rotatable bonds is 8. The van der Waals surface area contributed by atoms with Gasteiger partial charge in [-0.2, -0.15) is 11.8 Å². The van der Waals surface area contributed by atoms with Crippen LogP contribution in [0.4, 0.5) is 0 Å². The van der Waals surface area contributed by atoms with Crippen molar-refractivity contribution in [1.29, 1.82) is 0 Å². The lowest BCUT2D eigenvalue weighted by atomic mass is 9.96. The Bertz CT molecular complexity index is 702. The molecule has 0 bridgehead atoms. The molecule has 0 radical (unpaired) electrons. The zero-order valence-electron chi connectivity index (χ0n) is 16.2. The molecule has 1 aliphatic rings. The van der Waals surface area contributed by atoms with Crippen LogP contribution in [0.3, 0.4) is 0 Å². The smallest absolute Gasteiger partial charge is 0.224 e. The first-order chi connectivity index (χ1) is 13.2. The van der Waals surface area contributed by atoms with Crippen molar-refractivity contribution in [1.82, 2.24) is 10.2 Å². The van der Waals surface area contributed by atoms with E-state index in [2.05, 4.69) is 65.7 Å². The lowest BCUT2D eigenvalue weighted by Gasteiger charge is -2.32. The highest BCUT2D eigenvalue weighted by Gasteiger charge is 2.25. The van der Waals surface area contributed by atoms with Crippen LogP contribution >= 0.6 is 11.8 Å². The third-order valence-corrected chi connectivity index (χ3v) is 6.09. The number of amides is 1. The molecule has 1 heterocycles. The largest absolute Gasteiger partial charge is 0.355 e. The number of nitrogens with one attached hydrogen (secondary N) is 1. The third-order valence-electron chi connectivity index (χ3n) is 5.06. The molecular formula is C23H30N2OS. The van der Waals surface area contributed by atoms with Crippen molar-refractivity contribution in [3.8, 4) is 0 Å². The topological polar surface area (TPSA) is 32.3 Å². The molecule has 0 spiro atoms. The van der Waals surface area contributed by atoms with Gasteiger partial charge in [0.1, 0.15) is 0 Å². The quantitative estimate of drug-likeness (QED) is 0.693. The average molecular weight is 383 g/mol. The molecule has 3 rings (SSSR count). The molecule has 1 aliphatic heterocycles. The summed E-state index contributed by atoms with van der Waals surface area (Å²) < 4.78 is 0.